The molecule has 2 aromatic rings. The zero-order valence-corrected chi connectivity index (χ0v) is 17.2. The van der Waals surface area contributed by atoms with Crippen molar-refractivity contribution in [3.05, 3.63) is 52.1 Å². The van der Waals surface area contributed by atoms with Crippen LogP contribution in [-0.4, -0.2) is 43.0 Å². The van der Waals surface area contributed by atoms with Crippen LogP contribution in [-0.2, 0) is 9.59 Å². The molecule has 1 fully saturated rings. The molecule has 1 atom stereocenters. The van der Waals surface area contributed by atoms with Gasteiger partial charge in [0.05, 0.1) is 19.7 Å². The molecule has 0 aromatic heterocycles. The normalized spacial score (nSPS) is 16.7. The molecule has 1 unspecified atom stereocenters. The number of anilines is 2. The lowest BCUT2D eigenvalue weighted by Gasteiger charge is -2.23. The maximum Gasteiger partial charge on any atom is 0.241 e. The zero-order valence-electron chi connectivity index (χ0n) is 15.1. The van der Waals surface area contributed by atoms with Gasteiger partial charge in [0.1, 0.15) is 5.75 Å². The number of benzene rings is 2. The number of hydrogen-bond donors (Lipinski definition) is 2. The van der Waals surface area contributed by atoms with Gasteiger partial charge in [0, 0.05) is 14.9 Å². The number of nitrogens with zero attached hydrogens (tertiary/aromatic N) is 1. The van der Waals surface area contributed by atoms with Gasteiger partial charge < -0.3 is 15.4 Å². The summed E-state index contributed by atoms with van der Waals surface area (Å²) in [5, 5.41) is 5.81. The Morgan fingerprint density at radius 3 is 2.37 bits per heavy atom. The van der Waals surface area contributed by atoms with Gasteiger partial charge in [-0.2, -0.15) is 0 Å². The Balaban J connectivity index is 1.56. The fourth-order valence-electron chi connectivity index (χ4n) is 3.13. The van der Waals surface area contributed by atoms with E-state index < -0.39 is 0 Å². The van der Waals surface area contributed by atoms with E-state index >= 15 is 0 Å². The summed E-state index contributed by atoms with van der Waals surface area (Å²) < 4.78 is 6.24. The Hall–Kier alpha value is -2.13. The summed E-state index contributed by atoms with van der Waals surface area (Å²) in [5.74, 6) is 0.544. The predicted octanol–water partition coefficient (Wildman–Crippen LogP) is 3.34. The van der Waals surface area contributed by atoms with Crippen molar-refractivity contribution in [2.45, 2.75) is 18.9 Å². The van der Waals surface area contributed by atoms with E-state index in [4.69, 9.17) is 4.74 Å². The summed E-state index contributed by atoms with van der Waals surface area (Å²) in [5.41, 5.74) is 1.48. The van der Waals surface area contributed by atoms with Crippen molar-refractivity contribution in [3.8, 4) is 5.75 Å². The molecule has 0 saturated carbocycles. The van der Waals surface area contributed by atoms with Crippen LogP contribution >= 0.6 is 22.6 Å². The molecule has 0 bridgehead atoms. The molecule has 1 saturated heterocycles. The average molecular weight is 479 g/mol. The molecule has 0 spiro atoms. The van der Waals surface area contributed by atoms with Crippen molar-refractivity contribution < 1.29 is 14.3 Å². The van der Waals surface area contributed by atoms with Crippen molar-refractivity contribution in [2.75, 3.05) is 30.8 Å². The molecule has 0 aliphatic carbocycles. The number of nitrogens with one attached hydrogen (secondary N) is 2. The first-order valence-electron chi connectivity index (χ1n) is 8.79. The highest BCUT2D eigenvalue weighted by Gasteiger charge is 2.31. The second-order valence-electron chi connectivity index (χ2n) is 6.40. The van der Waals surface area contributed by atoms with Gasteiger partial charge in [-0.3, -0.25) is 14.5 Å². The Bertz CT molecular complexity index is 793. The Kier molecular flexibility index (Phi) is 6.68. The van der Waals surface area contributed by atoms with Crippen LogP contribution in [0.25, 0.3) is 0 Å². The van der Waals surface area contributed by atoms with E-state index in [2.05, 4.69) is 33.2 Å². The second-order valence-corrected chi connectivity index (χ2v) is 7.65. The molecule has 2 aromatic carbocycles. The Labute approximate surface area is 172 Å². The van der Waals surface area contributed by atoms with Gasteiger partial charge in [0.2, 0.25) is 11.8 Å². The molecule has 2 N–H and O–H groups in total. The first-order chi connectivity index (χ1) is 13.0. The van der Waals surface area contributed by atoms with Crippen LogP contribution in [0.5, 0.6) is 5.75 Å². The number of hydrogen-bond acceptors (Lipinski definition) is 4. The van der Waals surface area contributed by atoms with Crippen LogP contribution < -0.4 is 15.4 Å². The lowest BCUT2D eigenvalue weighted by molar-refractivity contribution is -0.122. The van der Waals surface area contributed by atoms with Crippen LogP contribution in [0.3, 0.4) is 0 Å². The molecule has 1 heterocycles. The van der Waals surface area contributed by atoms with Crippen molar-refractivity contribution in [1.29, 1.82) is 0 Å². The van der Waals surface area contributed by atoms with Crippen molar-refractivity contribution in [3.63, 3.8) is 0 Å². The highest BCUT2D eigenvalue weighted by atomic mass is 127. The lowest BCUT2D eigenvalue weighted by atomic mass is 10.2. The zero-order chi connectivity index (χ0) is 19.2. The van der Waals surface area contributed by atoms with Gasteiger partial charge in [-0.15, -0.1) is 0 Å². The minimum atomic E-state index is -0.297. The first kappa shape index (κ1) is 19.6. The van der Waals surface area contributed by atoms with E-state index in [1.165, 1.54) is 0 Å². The molecule has 1 aliphatic rings. The predicted molar refractivity (Wildman–Crippen MR) is 114 cm³/mol. The summed E-state index contributed by atoms with van der Waals surface area (Å²) in [6, 6.07) is 14.5. The van der Waals surface area contributed by atoms with Crippen molar-refractivity contribution in [1.82, 2.24) is 4.90 Å². The van der Waals surface area contributed by atoms with Crippen LogP contribution in [0, 0.1) is 3.57 Å². The number of carbonyl (C=O) groups excluding carboxylic acids is 2. The van der Waals surface area contributed by atoms with Gasteiger partial charge in [0.15, 0.2) is 0 Å². The smallest absolute Gasteiger partial charge is 0.241 e. The number of halogens is 1. The third kappa shape index (κ3) is 5.43. The summed E-state index contributed by atoms with van der Waals surface area (Å²) in [6.45, 7) is 0.938. The maximum absolute atomic E-state index is 12.6. The molecule has 3 rings (SSSR count). The SMILES string of the molecule is COc1ccc(NC(=O)C2CCCN2CC(=O)Nc2ccc(I)cc2)cc1. The van der Waals surface area contributed by atoms with E-state index in [1.807, 2.05) is 29.2 Å². The molecular weight excluding hydrogens is 457 g/mol. The Morgan fingerprint density at radius 1 is 1.07 bits per heavy atom. The number of ether oxygens (including phenoxy) is 1. The highest BCUT2D eigenvalue weighted by Crippen LogP contribution is 2.21. The average Bonchev–Trinajstić information content (AvgIpc) is 3.12. The molecule has 27 heavy (non-hydrogen) atoms. The molecule has 142 valence electrons. The van der Waals surface area contributed by atoms with Crippen LogP contribution in [0.1, 0.15) is 12.8 Å². The fourth-order valence-corrected chi connectivity index (χ4v) is 3.49. The largest absolute Gasteiger partial charge is 0.497 e. The number of carbonyl (C=O) groups is 2. The summed E-state index contributed by atoms with van der Waals surface area (Å²) >= 11 is 2.22. The van der Waals surface area contributed by atoms with Crippen LogP contribution in [0.4, 0.5) is 11.4 Å². The second kappa shape index (κ2) is 9.18. The third-order valence-corrected chi connectivity index (χ3v) is 5.22. The lowest BCUT2D eigenvalue weighted by Crippen LogP contribution is -2.43. The fraction of sp³-hybridized carbons (Fsp3) is 0.300. The van der Waals surface area contributed by atoms with Crippen molar-refractivity contribution >= 4 is 45.8 Å². The Morgan fingerprint density at radius 2 is 1.70 bits per heavy atom. The first-order valence-corrected chi connectivity index (χ1v) is 9.87. The molecule has 7 heteroatoms. The van der Waals surface area contributed by atoms with Crippen LogP contribution in [0.2, 0.25) is 0 Å². The maximum atomic E-state index is 12.6. The summed E-state index contributed by atoms with van der Waals surface area (Å²) in [6.07, 6.45) is 1.65. The number of likely N-dealkylation sites (tertiary alicyclic amines) is 1. The van der Waals surface area contributed by atoms with Gasteiger partial charge in [0.25, 0.3) is 0 Å². The van der Waals surface area contributed by atoms with E-state index in [-0.39, 0.29) is 24.4 Å². The van der Waals surface area contributed by atoms with Crippen LogP contribution in [0.15, 0.2) is 48.5 Å². The number of methoxy groups -OCH3 is 1. The van der Waals surface area contributed by atoms with E-state index in [0.29, 0.717) is 0 Å². The summed E-state index contributed by atoms with van der Waals surface area (Å²) in [7, 11) is 1.60. The monoisotopic (exact) mass is 479 g/mol. The van der Waals surface area contributed by atoms with E-state index in [9.17, 15) is 9.59 Å². The minimum Gasteiger partial charge on any atom is -0.497 e. The number of amides is 2. The quantitative estimate of drug-likeness (QED) is 0.624. The number of rotatable bonds is 6. The van der Waals surface area contributed by atoms with E-state index in [0.717, 1.165) is 40.1 Å². The van der Waals surface area contributed by atoms with Crippen molar-refractivity contribution in [2.24, 2.45) is 0 Å². The standard InChI is InChI=1S/C20H22IN3O3/c1-27-17-10-8-16(9-11-17)23-20(26)18-3-2-12-24(18)13-19(25)22-15-6-4-14(21)5-7-15/h4-11,18H,2-3,12-13H2,1H3,(H,22,25)(H,23,26). The molecule has 6 nitrogen and oxygen atoms in total. The van der Waals surface area contributed by atoms with Gasteiger partial charge in [-0.1, -0.05) is 0 Å². The molecule has 1 aliphatic heterocycles. The minimum absolute atomic E-state index is 0.0836. The van der Waals surface area contributed by atoms with Gasteiger partial charge in [-0.05, 0) is 90.5 Å². The topological polar surface area (TPSA) is 70.7 Å². The molecule has 2 amide bonds. The third-order valence-electron chi connectivity index (χ3n) is 4.50. The molecule has 0 radical (unpaired) electrons. The van der Waals surface area contributed by atoms with Gasteiger partial charge in [-0.25, -0.2) is 0 Å². The van der Waals surface area contributed by atoms with Gasteiger partial charge >= 0.3 is 0 Å². The van der Waals surface area contributed by atoms with E-state index in [1.54, 1.807) is 31.4 Å². The molecular formula is C20H22IN3O3. The summed E-state index contributed by atoms with van der Waals surface area (Å²) in [4.78, 5) is 26.9. The highest BCUT2D eigenvalue weighted by molar-refractivity contribution is 14.1.